The van der Waals surface area contributed by atoms with E-state index < -0.39 is 0 Å². The van der Waals surface area contributed by atoms with Gasteiger partial charge in [-0.25, -0.2) is 0 Å². The zero-order valence-corrected chi connectivity index (χ0v) is 15.9. The van der Waals surface area contributed by atoms with Crippen molar-refractivity contribution in [3.05, 3.63) is 29.1 Å². The van der Waals surface area contributed by atoms with E-state index in [2.05, 4.69) is 5.10 Å². The summed E-state index contributed by atoms with van der Waals surface area (Å²) < 4.78 is 17.7. The van der Waals surface area contributed by atoms with Gasteiger partial charge >= 0.3 is 5.97 Å². The number of likely N-dealkylation sites (tertiary alicyclic amines) is 1. The van der Waals surface area contributed by atoms with Crippen LogP contribution in [0.5, 0.6) is 5.75 Å². The molecule has 2 heterocycles. The third-order valence-corrected chi connectivity index (χ3v) is 4.85. The second-order valence-electron chi connectivity index (χ2n) is 6.35. The van der Waals surface area contributed by atoms with Crippen molar-refractivity contribution in [2.75, 3.05) is 26.8 Å². The number of ether oxygens (including phenoxy) is 2. The van der Waals surface area contributed by atoms with E-state index in [0.717, 1.165) is 37.2 Å². The van der Waals surface area contributed by atoms with E-state index in [1.54, 1.807) is 11.8 Å². The van der Waals surface area contributed by atoms with Gasteiger partial charge in [0.05, 0.1) is 26.8 Å². The Kier molecular flexibility index (Phi) is 6.05. The average Bonchev–Trinajstić information content (AvgIpc) is 3.03. The first-order valence-electron chi connectivity index (χ1n) is 8.83. The van der Waals surface area contributed by atoms with Crippen molar-refractivity contribution in [1.82, 2.24) is 9.78 Å². The van der Waals surface area contributed by atoms with Crippen LogP contribution in [-0.4, -0.2) is 42.6 Å². The third-order valence-electron chi connectivity index (χ3n) is 4.55. The number of aromatic nitrogens is 2. The van der Waals surface area contributed by atoms with E-state index in [-0.39, 0.29) is 11.9 Å². The first-order valence-corrected chi connectivity index (χ1v) is 9.24. The lowest BCUT2D eigenvalue weighted by Gasteiger charge is -2.28. The van der Waals surface area contributed by atoms with Crippen LogP contribution in [0.1, 0.15) is 19.8 Å². The van der Waals surface area contributed by atoms with Crippen molar-refractivity contribution in [1.29, 1.82) is 0 Å². The minimum absolute atomic E-state index is 0.0548. The van der Waals surface area contributed by atoms with Crippen molar-refractivity contribution < 1.29 is 23.6 Å². The van der Waals surface area contributed by atoms with Gasteiger partial charge in [-0.2, -0.15) is 4.68 Å². The van der Waals surface area contributed by atoms with Crippen LogP contribution in [0.25, 0.3) is 11.5 Å². The van der Waals surface area contributed by atoms with Crippen LogP contribution in [0.3, 0.4) is 0 Å². The molecule has 2 aromatic rings. The molecule has 1 aromatic heterocycles. The van der Waals surface area contributed by atoms with E-state index >= 15 is 0 Å². The highest BCUT2D eigenvalue weighted by molar-refractivity contribution is 7.71. The molecule has 0 aliphatic carbocycles. The fourth-order valence-electron chi connectivity index (χ4n) is 3.22. The molecule has 140 valence electrons. The van der Waals surface area contributed by atoms with Gasteiger partial charge in [-0.1, -0.05) is 0 Å². The number of carbonyl (C=O) groups is 1. The Balaban J connectivity index is 1.69. The summed E-state index contributed by atoms with van der Waals surface area (Å²) in [4.78, 5) is 13.6. The molecule has 0 amide bonds. The van der Waals surface area contributed by atoms with Crippen molar-refractivity contribution in [3.8, 4) is 17.2 Å². The zero-order chi connectivity index (χ0) is 18.5. The van der Waals surface area contributed by atoms with Gasteiger partial charge in [0.15, 0.2) is 6.67 Å². The van der Waals surface area contributed by atoms with Gasteiger partial charge in [0.25, 0.3) is 4.84 Å². The number of nitrogens with zero attached hydrogens (tertiary/aromatic N) is 2. The number of piperidine rings is 1. The Labute approximate surface area is 157 Å². The topological polar surface area (TPSA) is 70.9 Å². The Morgan fingerprint density at radius 1 is 1.42 bits per heavy atom. The first-order chi connectivity index (χ1) is 12.6. The Morgan fingerprint density at radius 2 is 2.19 bits per heavy atom. The molecule has 2 atom stereocenters. The molecule has 3 rings (SSSR count). The monoisotopic (exact) mass is 378 g/mol. The quantitative estimate of drug-likeness (QED) is 0.609. The lowest BCUT2D eigenvalue weighted by atomic mass is 9.99. The number of carbonyl (C=O) groups excluding carboxylic acids is 1. The van der Waals surface area contributed by atoms with Crippen molar-refractivity contribution >= 4 is 18.2 Å². The number of quaternary nitrogens is 1. The van der Waals surface area contributed by atoms with Crippen molar-refractivity contribution in [3.63, 3.8) is 0 Å². The molecule has 0 radical (unpaired) electrons. The van der Waals surface area contributed by atoms with Gasteiger partial charge in [0, 0.05) is 5.56 Å². The van der Waals surface area contributed by atoms with Gasteiger partial charge in [-0.3, -0.25) is 4.79 Å². The highest BCUT2D eigenvalue weighted by Crippen LogP contribution is 2.21. The molecule has 1 aliphatic rings. The van der Waals surface area contributed by atoms with E-state index in [0.29, 0.717) is 24.0 Å². The summed E-state index contributed by atoms with van der Waals surface area (Å²) in [7, 11) is 1.63. The molecule has 1 saturated heterocycles. The second kappa shape index (κ2) is 8.46. The summed E-state index contributed by atoms with van der Waals surface area (Å²) in [5.74, 6) is 1.10. The molecule has 1 N–H and O–H groups in total. The Bertz CT molecular complexity index is 800. The summed E-state index contributed by atoms with van der Waals surface area (Å²) >= 11 is 5.32. The summed E-state index contributed by atoms with van der Waals surface area (Å²) in [5.41, 5.74) is 0.841. The summed E-state index contributed by atoms with van der Waals surface area (Å²) in [6, 6.07) is 7.47. The molecular weight excluding hydrogens is 354 g/mol. The van der Waals surface area contributed by atoms with Gasteiger partial charge in [-0.05, 0) is 56.2 Å². The minimum atomic E-state index is -0.104. The number of hydrogen-bond acceptors (Lipinski definition) is 6. The minimum Gasteiger partial charge on any atom is -0.497 e. The average molecular weight is 378 g/mol. The van der Waals surface area contributed by atoms with Gasteiger partial charge in [0.2, 0.25) is 5.89 Å². The lowest BCUT2D eigenvalue weighted by Crippen LogP contribution is -3.13. The highest BCUT2D eigenvalue weighted by atomic mass is 32.1. The number of rotatable bonds is 6. The number of hydrogen-bond donors (Lipinski definition) is 1. The van der Waals surface area contributed by atoms with Gasteiger partial charge in [-0.15, -0.1) is 5.10 Å². The maximum atomic E-state index is 12.0. The second-order valence-corrected chi connectivity index (χ2v) is 6.70. The highest BCUT2D eigenvalue weighted by Gasteiger charge is 2.30. The van der Waals surface area contributed by atoms with Crippen LogP contribution < -0.4 is 9.64 Å². The SMILES string of the molecule is CCOC(=O)[C@@H]1CCC[NH+](Cn2nc(-c3ccc(OC)cc3)oc2=S)C1. The smallest absolute Gasteiger partial charge is 0.314 e. The van der Waals surface area contributed by atoms with E-state index in [4.69, 9.17) is 26.1 Å². The molecule has 8 heteroatoms. The largest absolute Gasteiger partial charge is 0.497 e. The fraction of sp³-hybridized carbons (Fsp3) is 0.500. The normalized spacial score (nSPS) is 19.9. The molecule has 0 saturated carbocycles. The van der Waals surface area contributed by atoms with Crippen LogP contribution in [0, 0.1) is 10.8 Å². The number of nitrogens with one attached hydrogen (secondary N) is 1. The summed E-state index contributed by atoms with van der Waals surface area (Å²) in [6.07, 6.45) is 1.86. The number of benzene rings is 1. The molecule has 0 spiro atoms. The summed E-state index contributed by atoms with van der Waals surface area (Å²) in [6.45, 7) is 4.53. The maximum Gasteiger partial charge on any atom is 0.314 e. The summed E-state index contributed by atoms with van der Waals surface area (Å²) in [5, 5.41) is 4.50. The predicted molar refractivity (Wildman–Crippen MR) is 97.4 cm³/mol. The molecule has 7 nitrogen and oxygen atoms in total. The Morgan fingerprint density at radius 3 is 2.88 bits per heavy atom. The van der Waals surface area contributed by atoms with Crippen LogP contribution in [0.15, 0.2) is 28.7 Å². The maximum absolute atomic E-state index is 12.0. The van der Waals surface area contributed by atoms with E-state index in [9.17, 15) is 4.79 Å². The molecule has 1 aliphatic heterocycles. The molecule has 1 unspecified atom stereocenters. The lowest BCUT2D eigenvalue weighted by molar-refractivity contribution is -0.930. The number of esters is 1. The van der Waals surface area contributed by atoms with Gasteiger partial charge < -0.3 is 18.8 Å². The third kappa shape index (κ3) is 4.31. The van der Waals surface area contributed by atoms with E-state index in [1.807, 2.05) is 31.2 Å². The Hall–Kier alpha value is -2.19. The predicted octanol–water partition coefficient (Wildman–Crippen LogP) is 1.70. The van der Waals surface area contributed by atoms with Crippen LogP contribution in [0.4, 0.5) is 0 Å². The molecule has 1 aromatic carbocycles. The van der Waals surface area contributed by atoms with Crippen LogP contribution in [0.2, 0.25) is 0 Å². The van der Waals surface area contributed by atoms with Crippen molar-refractivity contribution in [2.24, 2.45) is 5.92 Å². The zero-order valence-electron chi connectivity index (χ0n) is 15.1. The molecule has 1 fully saturated rings. The number of methoxy groups -OCH3 is 1. The first kappa shape index (κ1) is 18.6. The molecule has 26 heavy (non-hydrogen) atoms. The molecular formula is C18H24N3O4S+. The van der Waals surface area contributed by atoms with Crippen molar-refractivity contribution in [2.45, 2.75) is 26.4 Å². The fourth-order valence-corrected chi connectivity index (χ4v) is 3.41. The van der Waals surface area contributed by atoms with Crippen LogP contribution in [-0.2, 0) is 16.2 Å². The standard InChI is InChI=1S/C18H23N3O4S/c1-3-24-17(22)14-5-4-10-20(11-14)12-21-18(26)25-16(19-21)13-6-8-15(23-2)9-7-13/h6-9,14H,3-5,10-12H2,1-2H3/p+1/t14-/m1/s1. The van der Waals surface area contributed by atoms with Crippen LogP contribution >= 0.6 is 12.2 Å². The molecule has 0 bridgehead atoms. The van der Waals surface area contributed by atoms with E-state index in [1.165, 1.54) is 4.90 Å². The van der Waals surface area contributed by atoms with Gasteiger partial charge in [0.1, 0.15) is 11.7 Å².